The van der Waals surface area contributed by atoms with Crippen LogP contribution in [0.25, 0.3) is 16.5 Å². The molecular weight excluding hydrogens is 891 g/mol. The number of likely N-dealkylation sites (tertiary alicyclic amines) is 1. The molecule has 11 N–H and O–H groups in total. The molecule has 1 aromatic heterocycles. The highest BCUT2D eigenvalue weighted by Crippen LogP contribution is 2.34. The maximum atomic E-state index is 14.6. The molecule has 4 aromatic rings. The number of aliphatic hydroxyl groups is 1. The molecule has 0 spiro atoms. The van der Waals surface area contributed by atoms with E-state index < -0.39 is 96.2 Å². The number of para-hydroxylation sites is 1. The number of aliphatic hydroxyl groups excluding tert-OH is 1. The Balaban J connectivity index is 1.10. The quantitative estimate of drug-likeness (QED) is 0.0675. The number of aromatic hydroxyl groups is 1. The van der Waals surface area contributed by atoms with Crippen molar-refractivity contribution in [3.63, 3.8) is 0 Å². The van der Waals surface area contributed by atoms with Crippen LogP contribution in [0.15, 0.2) is 79.0 Å². The van der Waals surface area contributed by atoms with Gasteiger partial charge in [-0.25, -0.2) is 0 Å². The van der Waals surface area contributed by atoms with E-state index in [-0.39, 0.29) is 50.3 Å². The minimum Gasteiger partial charge on any atom is -0.508 e. The number of nitrogens with zero attached hydrogens (tertiary/aromatic N) is 1. The van der Waals surface area contributed by atoms with Crippen LogP contribution in [0.4, 0.5) is 5.69 Å². The molecule has 20 heteroatoms. The zero-order valence-corrected chi connectivity index (χ0v) is 38.4. The number of nitrogens with two attached hydrogens (primary N) is 1. The van der Waals surface area contributed by atoms with Crippen LogP contribution in [-0.4, -0.2) is 116 Å². The fraction of sp³-hybridized carbons (Fsp3) is 0.388. The highest BCUT2D eigenvalue weighted by molar-refractivity contribution is 6.01. The SMILES string of the molecule is CC1=CC(O)Oc2cc(NC(=O)[C@@H](Cc3c[nH]c4ccccc34)NC(=O)[C@@H](Cc3ccc(O)cc3)NC(=O)[C@H](NC(=O)[C@@H]3CCCN3C(=O)[C@H](CC(N)=O)NC(=O)[C@@H]3CCC(=O)N3)C(C)C)ccc21. The third-order valence-electron chi connectivity index (χ3n) is 12.5. The molecule has 3 aromatic carbocycles. The number of H-pyrrole nitrogens is 1. The molecule has 20 nitrogen and oxygen atoms in total. The first-order valence-corrected chi connectivity index (χ1v) is 22.8. The molecule has 0 saturated carbocycles. The smallest absolute Gasteiger partial charge is 0.247 e. The van der Waals surface area contributed by atoms with Gasteiger partial charge in [0.2, 0.25) is 53.5 Å². The van der Waals surface area contributed by atoms with E-state index >= 15 is 0 Å². The van der Waals surface area contributed by atoms with E-state index in [1.54, 1.807) is 56.5 Å². The molecule has 4 heterocycles. The number of allylic oxidation sites excluding steroid dienone is 1. The molecule has 2 saturated heterocycles. The van der Waals surface area contributed by atoms with E-state index in [1.165, 1.54) is 17.0 Å². The zero-order valence-electron chi connectivity index (χ0n) is 38.4. The monoisotopic (exact) mass is 947 g/mol. The van der Waals surface area contributed by atoms with Crippen LogP contribution in [0.5, 0.6) is 11.5 Å². The number of amides is 8. The van der Waals surface area contributed by atoms with Gasteiger partial charge < -0.3 is 62.5 Å². The van der Waals surface area contributed by atoms with Crippen molar-refractivity contribution >= 4 is 69.4 Å². The lowest BCUT2D eigenvalue weighted by Crippen LogP contribution is -2.60. The molecule has 1 unspecified atom stereocenters. The lowest BCUT2D eigenvalue weighted by Gasteiger charge is -2.31. The molecule has 7 rings (SSSR count). The van der Waals surface area contributed by atoms with Crippen LogP contribution < -0.4 is 42.4 Å². The van der Waals surface area contributed by atoms with Gasteiger partial charge in [-0.3, -0.25) is 38.4 Å². The van der Waals surface area contributed by atoms with Crippen molar-refractivity contribution in [3.05, 3.63) is 95.7 Å². The van der Waals surface area contributed by atoms with Gasteiger partial charge >= 0.3 is 0 Å². The van der Waals surface area contributed by atoms with Gasteiger partial charge in [0.25, 0.3) is 0 Å². The van der Waals surface area contributed by atoms with E-state index in [0.29, 0.717) is 23.4 Å². The number of rotatable bonds is 18. The van der Waals surface area contributed by atoms with Crippen LogP contribution >= 0.6 is 0 Å². The third-order valence-corrected chi connectivity index (χ3v) is 12.5. The average molecular weight is 948 g/mol. The number of fused-ring (bicyclic) bond motifs is 2. The van der Waals surface area contributed by atoms with Gasteiger partial charge in [0.05, 0.1) is 6.42 Å². The summed E-state index contributed by atoms with van der Waals surface area (Å²) in [6, 6.07) is 11.2. The average Bonchev–Trinajstić information content (AvgIpc) is 4.08. The summed E-state index contributed by atoms with van der Waals surface area (Å²) >= 11 is 0. The number of nitrogens with one attached hydrogen (secondary N) is 7. The summed E-state index contributed by atoms with van der Waals surface area (Å²) in [5, 5.41) is 37.3. The fourth-order valence-electron chi connectivity index (χ4n) is 8.83. The van der Waals surface area contributed by atoms with Gasteiger partial charge in [-0.1, -0.05) is 44.2 Å². The maximum Gasteiger partial charge on any atom is 0.247 e. The van der Waals surface area contributed by atoms with Gasteiger partial charge in [0, 0.05) is 60.2 Å². The Hall–Kier alpha value is -7.74. The number of primary amides is 1. The first kappa shape index (κ1) is 49.2. The van der Waals surface area contributed by atoms with Crippen molar-refractivity contribution in [2.45, 2.75) is 108 Å². The van der Waals surface area contributed by atoms with Crippen molar-refractivity contribution in [2.24, 2.45) is 11.7 Å². The Morgan fingerprint density at radius 2 is 1.58 bits per heavy atom. The van der Waals surface area contributed by atoms with Crippen LogP contribution in [-0.2, 0) is 51.2 Å². The first-order valence-electron chi connectivity index (χ1n) is 22.8. The second kappa shape index (κ2) is 21.5. The molecule has 3 aliphatic rings. The largest absolute Gasteiger partial charge is 0.508 e. The molecule has 7 atom stereocenters. The predicted molar refractivity (Wildman–Crippen MR) is 251 cm³/mol. The van der Waals surface area contributed by atoms with Gasteiger partial charge in [-0.2, -0.15) is 0 Å². The second-order valence-electron chi connectivity index (χ2n) is 17.9. The van der Waals surface area contributed by atoms with Crippen LogP contribution in [0.2, 0.25) is 0 Å². The molecule has 0 radical (unpaired) electrons. The van der Waals surface area contributed by atoms with E-state index in [1.807, 2.05) is 31.2 Å². The molecule has 2 fully saturated rings. The highest BCUT2D eigenvalue weighted by atomic mass is 16.6. The van der Waals surface area contributed by atoms with E-state index in [4.69, 9.17) is 10.5 Å². The summed E-state index contributed by atoms with van der Waals surface area (Å²) in [6.45, 7) is 5.29. The second-order valence-corrected chi connectivity index (χ2v) is 17.9. The number of carbonyl (C=O) groups is 8. The Morgan fingerprint density at radius 3 is 2.29 bits per heavy atom. The number of phenols is 1. The number of benzene rings is 3. The Kier molecular flexibility index (Phi) is 15.3. The summed E-state index contributed by atoms with van der Waals surface area (Å²) in [7, 11) is 0. The molecule has 3 aliphatic heterocycles. The maximum absolute atomic E-state index is 14.6. The number of carbonyl (C=O) groups excluding carboxylic acids is 8. The standard InChI is InChI=1S/C49H57N9O11/c1-25(2)43(57-47(66)38-9-6-18-58(38)49(68)37(23-40(50)60)56-44(63)34-16-17-41(61)53-34)48(67)55-35(20-27-10-13-30(59)14-11-27)46(65)54-36(21-28-24-51-33-8-5-4-7-32(28)33)45(64)52-29-12-15-31-26(3)19-42(62)69-39(31)22-29/h4-5,7-8,10-15,19,22,24-25,34-38,42-43,51,59,62H,6,9,16-18,20-21,23H2,1-3H3,(H2,50,60)(H,52,64)(H,53,61)(H,54,65)(H,55,67)(H,56,63)(H,57,66)/t34-,35+,36+,37-,38-,42?,43+/m0/s1. The molecular formula is C49H57N9O11. The van der Waals surface area contributed by atoms with Crippen molar-refractivity contribution in [2.75, 3.05) is 11.9 Å². The predicted octanol–water partition coefficient (Wildman–Crippen LogP) is 1.15. The van der Waals surface area contributed by atoms with Gasteiger partial charge in [-0.15, -0.1) is 0 Å². The van der Waals surface area contributed by atoms with Crippen molar-refractivity contribution in [1.82, 2.24) is 36.5 Å². The van der Waals surface area contributed by atoms with E-state index in [2.05, 4.69) is 36.9 Å². The minimum absolute atomic E-state index is 0.0197. The zero-order chi connectivity index (χ0) is 49.5. The van der Waals surface area contributed by atoms with Crippen LogP contribution in [0.1, 0.15) is 69.6 Å². The summed E-state index contributed by atoms with van der Waals surface area (Å²) in [4.78, 5) is 112. The number of phenolic OH excluding ortho intramolecular Hbond substituents is 1. The Labute approximate surface area is 397 Å². The highest BCUT2D eigenvalue weighted by Gasteiger charge is 2.41. The number of aromatic amines is 1. The third kappa shape index (κ3) is 12.1. The number of anilines is 1. The Morgan fingerprint density at radius 1 is 0.855 bits per heavy atom. The molecule has 8 amide bonds. The summed E-state index contributed by atoms with van der Waals surface area (Å²) in [5.74, 6) is -5.63. The number of hydrogen-bond acceptors (Lipinski definition) is 11. The van der Waals surface area contributed by atoms with Crippen molar-refractivity contribution in [3.8, 4) is 11.5 Å². The van der Waals surface area contributed by atoms with Crippen LogP contribution in [0, 0.1) is 5.92 Å². The summed E-state index contributed by atoms with van der Waals surface area (Å²) in [6.07, 6.45) is 2.39. The van der Waals surface area contributed by atoms with Gasteiger partial charge in [0.1, 0.15) is 47.8 Å². The molecule has 0 aliphatic carbocycles. The topological polar surface area (TPSA) is 303 Å². The van der Waals surface area contributed by atoms with Gasteiger partial charge in [0.15, 0.2) is 0 Å². The van der Waals surface area contributed by atoms with Crippen LogP contribution in [0.3, 0.4) is 0 Å². The first-order chi connectivity index (χ1) is 32.9. The van der Waals surface area contributed by atoms with Gasteiger partial charge in [-0.05, 0) is 85.2 Å². The number of hydrogen-bond donors (Lipinski definition) is 10. The van der Waals surface area contributed by atoms with E-state index in [0.717, 1.165) is 27.6 Å². The molecule has 0 bridgehead atoms. The number of aromatic nitrogens is 1. The Bertz CT molecular complexity index is 2660. The fourth-order valence-corrected chi connectivity index (χ4v) is 8.83. The molecule has 364 valence electrons. The summed E-state index contributed by atoms with van der Waals surface area (Å²) in [5.41, 5.74) is 9.37. The van der Waals surface area contributed by atoms with Crippen molar-refractivity contribution in [1.29, 1.82) is 0 Å². The number of ether oxygens (including phenoxy) is 1. The minimum atomic E-state index is -1.42. The lowest BCUT2D eigenvalue weighted by atomic mass is 9.99. The molecule has 69 heavy (non-hydrogen) atoms. The summed E-state index contributed by atoms with van der Waals surface area (Å²) < 4.78 is 5.59. The normalized spacial score (nSPS) is 19.2. The van der Waals surface area contributed by atoms with E-state index in [9.17, 15) is 48.6 Å². The van der Waals surface area contributed by atoms with Crippen molar-refractivity contribution < 1.29 is 53.3 Å². The lowest BCUT2D eigenvalue weighted by molar-refractivity contribution is -0.143.